The topological polar surface area (TPSA) is 41.1 Å². The SMILES string of the molecule is CC(NC(=O)CCc1ccccc1)C1CCCCN1. The number of carbonyl (C=O) groups is 1. The number of rotatable bonds is 5. The van der Waals surface area contributed by atoms with Crippen molar-refractivity contribution in [1.29, 1.82) is 0 Å². The molecule has 0 spiro atoms. The summed E-state index contributed by atoms with van der Waals surface area (Å²) in [6.07, 6.45) is 5.08. The van der Waals surface area contributed by atoms with Crippen LogP contribution in [0.5, 0.6) is 0 Å². The highest BCUT2D eigenvalue weighted by Gasteiger charge is 2.20. The van der Waals surface area contributed by atoms with Gasteiger partial charge in [-0.25, -0.2) is 0 Å². The minimum Gasteiger partial charge on any atom is -0.352 e. The molecular weight excluding hydrogens is 236 g/mol. The van der Waals surface area contributed by atoms with Crippen molar-refractivity contribution in [2.24, 2.45) is 0 Å². The van der Waals surface area contributed by atoms with Crippen LogP contribution in [0, 0.1) is 0 Å². The van der Waals surface area contributed by atoms with Gasteiger partial charge in [0.15, 0.2) is 0 Å². The summed E-state index contributed by atoms with van der Waals surface area (Å²) >= 11 is 0. The standard InChI is InChI=1S/C16H24N2O/c1-13(15-9-5-6-12-17-15)18-16(19)11-10-14-7-3-2-4-8-14/h2-4,7-8,13,15,17H,5-6,9-12H2,1H3,(H,18,19). The molecule has 104 valence electrons. The third kappa shape index (κ3) is 4.67. The Morgan fingerprint density at radius 1 is 1.37 bits per heavy atom. The Hall–Kier alpha value is -1.35. The fourth-order valence-electron chi connectivity index (χ4n) is 2.63. The monoisotopic (exact) mass is 260 g/mol. The first-order valence-corrected chi connectivity index (χ1v) is 7.32. The Bertz CT molecular complexity index is 385. The molecular formula is C16H24N2O. The van der Waals surface area contributed by atoms with Crippen molar-refractivity contribution in [3.63, 3.8) is 0 Å². The molecule has 1 aromatic carbocycles. The zero-order valence-corrected chi connectivity index (χ0v) is 11.7. The highest BCUT2D eigenvalue weighted by atomic mass is 16.1. The first kappa shape index (κ1) is 14.1. The van der Waals surface area contributed by atoms with Crippen LogP contribution in [0.4, 0.5) is 0 Å². The van der Waals surface area contributed by atoms with Gasteiger partial charge in [-0.2, -0.15) is 0 Å². The number of nitrogens with one attached hydrogen (secondary N) is 2. The van der Waals surface area contributed by atoms with Gasteiger partial charge in [0.05, 0.1) is 0 Å². The molecule has 1 amide bonds. The lowest BCUT2D eigenvalue weighted by Gasteiger charge is -2.29. The van der Waals surface area contributed by atoms with Crippen LogP contribution in [0.2, 0.25) is 0 Å². The number of amides is 1. The second-order valence-electron chi connectivity index (χ2n) is 5.40. The smallest absolute Gasteiger partial charge is 0.220 e. The van der Waals surface area contributed by atoms with Gasteiger partial charge in [-0.05, 0) is 38.3 Å². The van der Waals surface area contributed by atoms with Crippen LogP contribution in [-0.2, 0) is 11.2 Å². The number of carbonyl (C=O) groups excluding carboxylic acids is 1. The molecule has 3 nitrogen and oxygen atoms in total. The number of piperidine rings is 1. The first-order chi connectivity index (χ1) is 9.25. The molecule has 1 heterocycles. The molecule has 0 aliphatic carbocycles. The maximum atomic E-state index is 11.9. The van der Waals surface area contributed by atoms with E-state index in [9.17, 15) is 4.79 Å². The molecule has 0 saturated carbocycles. The van der Waals surface area contributed by atoms with Gasteiger partial charge in [0.1, 0.15) is 0 Å². The summed E-state index contributed by atoms with van der Waals surface area (Å²) in [6, 6.07) is 10.8. The summed E-state index contributed by atoms with van der Waals surface area (Å²) in [6.45, 7) is 3.18. The lowest BCUT2D eigenvalue weighted by Crippen LogP contribution is -2.50. The average molecular weight is 260 g/mol. The van der Waals surface area contributed by atoms with E-state index in [1.165, 1.54) is 24.8 Å². The number of benzene rings is 1. The van der Waals surface area contributed by atoms with Crippen molar-refractivity contribution < 1.29 is 4.79 Å². The number of hydrogen-bond donors (Lipinski definition) is 2. The fraction of sp³-hybridized carbons (Fsp3) is 0.562. The van der Waals surface area contributed by atoms with E-state index in [0.29, 0.717) is 12.5 Å². The minimum atomic E-state index is 0.156. The van der Waals surface area contributed by atoms with Crippen LogP contribution in [0.3, 0.4) is 0 Å². The average Bonchev–Trinajstić information content (AvgIpc) is 2.47. The van der Waals surface area contributed by atoms with Gasteiger partial charge >= 0.3 is 0 Å². The van der Waals surface area contributed by atoms with Crippen molar-refractivity contribution in [2.45, 2.75) is 51.1 Å². The molecule has 1 saturated heterocycles. The number of aryl methyl sites for hydroxylation is 1. The molecule has 2 atom stereocenters. The quantitative estimate of drug-likeness (QED) is 0.852. The van der Waals surface area contributed by atoms with E-state index in [-0.39, 0.29) is 11.9 Å². The van der Waals surface area contributed by atoms with E-state index < -0.39 is 0 Å². The van der Waals surface area contributed by atoms with Crippen LogP contribution in [0.25, 0.3) is 0 Å². The van der Waals surface area contributed by atoms with Crippen LogP contribution in [0.15, 0.2) is 30.3 Å². The van der Waals surface area contributed by atoms with Gasteiger partial charge in [-0.3, -0.25) is 4.79 Å². The zero-order chi connectivity index (χ0) is 13.5. The van der Waals surface area contributed by atoms with Crippen molar-refractivity contribution >= 4 is 5.91 Å². The summed E-state index contributed by atoms with van der Waals surface area (Å²) in [4.78, 5) is 11.9. The normalized spacial score (nSPS) is 20.8. The molecule has 0 aromatic heterocycles. The molecule has 1 aliphatic rings. The van der Waals surface area contributed by atoms with Gasteiger partial charge in [0.25, 0.3) is 0 Å². The van der Waals surface area contributed by atoms with E-state index in [0.717, 1.165) is 13.0 Å². The molecule has 1 fully saturated rings. The Morgan fingerprint density at radius 3 is 2.84 bits per heavy atom. The van der Waals surface area contributed by atoms with Crippen LogP contribution in [-0.4, -0.2) is 24.5 Å². The summed E-state index contributed by atoms with van der Waals surface area (Å²) in [7, 11) is 0. The van der Waals surface area contributed by atoms with E-state index in [4.69, 9.17) is 0 Å². The van der Waals surface area contributed by atoms with E-state index in [2.05, 4.69) is 29.7 Å². The van der Waals surface area contributed by atoms with Gasteiger partial charge in [-0.15, -0.1) is 0 Å². The predicted molar refractivity (Wildman–Crippen MR) is 78.0 cm³/mol. The third-order valence-corrected chi connectivity index (χ3v) is 3.82. The summed E-state index contributed by atoms with van der Waals surface area (Å²) in [5.41, 5.74) is 1.22. The zero-order valence-electron chi connectivity index (χ0n) is 11.7. The van der Waals surface area contributed by atoms with Crippen molar-refractivity contribution in [3.05, 3.63) is 35.9 Å². The van der Waals surface area contributed by atoms with E-state index in [1.807, 2.05) is 18.2 Å². The van der Waals surface area contributed by atoms with Crippen LogP contribution < -0.4 is 10.6 Å². The molecule has 1 aromatic rings. The van der Waals surface area contributed by atoms with Crippen LogP contribution in [0.1, 0.15) is 38.2 Å². The van der Waals surface area contributed by atoms with Gasteiger partial charge in [0, 0.05) is 18.5 Å². The van der Waals surface area contributed by atoms with Gasteiger partial charge in [-0.1, -0.05) is 36.8 Å². The largest absolute Gasteiger partial charge is 0.352 e. The summed E-state index contributed by atoms with van der Waals surface area (Å²) in [5.74, 6) is 0.156. The van der Waals surface area contributed by atoms with E-state index in [1.54, 1.807) is 0 Å². The summed E-state index contributed by atoms with van der Waals surface area (Å²) < 4.78 is 0. The highest BCUT2D eigenvalue weighted by Crippen LogP contribution is 2.10. The molecule has 0 radical (unpaired) electrons. The third-order valence-electron chi connectivity index (χ3n) is 3.82. The lowest BCUT2D eigenvalue weighted by atomic mass is 9.99. The molecule has 19 heavy (non-hydrogen) atoms. The predicted octanol–water partition coefficient (Wildman–Crippen LogP) is 2.27. The maximum Gasteiger partial charge on any atom is 0.220 e. The van der Waals surface area contributed by atoms with Gasteiger partial charge < -0.3 is 10.6 Å². The molecule has 2 unspecified atom stereocenters. The fourth-order valence-corrected chi connectivity index (χ4v) is 2.63. The van der Waals surface area contributed by atoms with Crippen molar-refractivity contribution in [3.8, 4) is 0 Å². The summed E-state index contributed by atoms with van der Waals surface area (Å²) in [5, 5.41) is 6.60. The maximum absolute atomic E-state index is 11.9. The van der Waals surface area contributed by atoms with Crippen molar-refractivity contribution in [2.75, 3.05) is 6.54 Å². The highest BCUT2D eigenvalue weighted by molar-refractivity contribution is 5.76. The molecule has 2 N–H and O–H groups in total. The Labute approximate surface area is 115 Å². The van der Waals surface area contributed by atoms with Crippen molar-refractivity contribution in [1.82, 2.24) is 10.6 Å². The molecule has 2 rings (SSSR count). The molecule has 3 heteroatoms. The Morgan fingerprint density at radius 2 is 2.16 bits per heavy atom. The van der Waals surface area contributed by atoms with Gasteiger partial charge in [0.2, 0.25) is 5.91 Å². The Balaban J connectivity index is 1.71. The van der Waals surface area contributed by atoms with Crippen LogP contribution >= 0.6 is 0 Å². The lowest BCUT2D eigenvalue weighted by molar-refractivity contribution is -0.121. The Kier molecular flexibility index (Phi) is 5.40. The second-order valence-corrected chi connectivity index (χ2v) is 5.40. The first-order valence-electron chi connectivity index (χ1n) is 7.32. The second kappa shape index (κ2) is 7.29. The molecule has 1 aliphatic heterocycles. The number of hydrogen-bond acceptors (Lipinski definition) is 2. The minimum absolute atomic E-state index is 0.156. The van der Waals surface area contributed by atoms with E-state index >= 15 is 0 Å². The molecule has 0 bridgehead atoms.